The molecule has 0 unspecified atom stereocenters. The highest BCUT2D eigenvalue weighted by Crippen LogP contribution is 2.09. The summed E-state index contributed by atoms with van der Waals surface area (Å²) in [5.41, 5.74) is -0.118. The lowest BCUT2D eigenvalue weighted by molar-refractivity contribution is -0.130. The van der Waals surface area contributed by atoms with Gasteiger partial charge in [-0.25, -0.2) is 9.48 Å². The SMILES string of the molecule is CN(CCC#N)C(=O)CCn1nc2n(c1=O)CCCC2. The number of rotatable bonds is 5. The first-order chi connectivity index (χ1) is 9.63. The third-order valence-corrected chi connectivity index (χ3v) is 3.55. The third-order valence-electron chi connectivity index (χ3n) is 3.55. The minimum Gasteiger partial charge on any atom is -0.345 e. The molecule has 2 rings (SSSR count). The lowest BCUT2D eigenvalue weighted by atomic mass is 10.2. The van der Waals surface area contributed by atoms with E-state index in [-0.39, 0.29) is 18.0 Å². The standard InChI is InChI=1S/C13H19N5O2/c1-16(8-4-7-14)12(19)6-10-18-13(20)17-9-3-2-5-11(17)15-18/h2-6,8-10H2,1H3. The summed E-state index contributed by atoms with van der Waals surface area (Å²) < 4.78 is 3.09. The Morgan fingerprint density at radius 3 is 3.00 bits per heavy atom. The van der Waals surface area contributed by atoms with Gasteiger partial charge in [-0.1, -0.05) is 0 Å². The van der Waals surface area contributed by atoms with E-state index in [1.807, 2.05) is 6.07 Å². The Morgan fingerprint density at radius 1 is 1.50 bits per heavy atom. The minimum atomic E-state index is -0.118. The van der Waals surface area contributed by atoms with Gasteiger partial charge in [0.15, 0.2) is 0 Å². The van der Waals surface area contributed by atoms with Crippen LogP contribution in [0.25, 0.3) is 0 Å². The predicted octanol–water partition coefficient (Wildman–Crippen LogP) is 0.143. The van der Waals surface area contributed by atoms with E-state index >= 15 is 0 Å². The molecule has 0 radical (unpaired) electrons. The average molecular weight is 277 g/mol. The molecule has 0 atom stereocenters. The molecule has 1 amide bonds. The Labute approximate surface area is 117 Å². The van der Waals surface area contributed by atoms with Gasteiger partial charge in [0, 0.05) is 33.0 Å². The Balaban J connectivity index is 1.94. The number of aromatic nitrogens is 3. The van der Waals surface area contributed by atoms with Gasteiger partial charge in [-0.3, -0.25) is 9.36 Å². The average Bonchev–Trinajstić information content (AvgIpc) is 2.79. The maximum absolute atomic E-state index is 12.1. The van der Waals surface area contributed by atoms with Crippen LogP contribution in [0.15, 0.2) is 4.79 Å². The van der Waals surface area contributed by atoms with Crippen LogP contribution in [0.2, 0.25) is 0 Å². The van der Waals surface area contributed by atoms with Crippen molar-refractivity contribution >= 4 is 5.91 Å². The van der Waals surface area contributed by atoms with E-state index in [1.54, 1.807) is 11.6 Å². The molecule has 108 valence electrons. The molecule has 7 nitrogen and oxygen atoms in total. The van der Waals surface area contributed by atoms with Crippen molar-refractivity contribution in [3.63, 3.8) is 0 Å². The van der Waals surface area contributed by atoms with Crippen LogP contribution in [0.4, 0.5) is 0 Å². The van der Waals surface area contributed by atoms with Crippen molar-refractivity contribution in [2.75, 3.05) is 13.6 Å². The van der Waals surface area contributed by atoms with Crippen LogP contribution in [0.5, 0.6) is 0 Å². The molecule has 0 saturated carbocycles. The zero-order valence-corrected chi connectivity index (χ0v) is 11.7. The Kier molecular flexibility index (Phi) is 4.56. The second kappa shape index (κ2) is 6.37. The molecule has 0 fully saturated rings. The van der Waals surface area contributed by atoms with Crippen molar-refractivity contribution in [3.8, 4) is 6.07 Å². The first-order valence-electron chi connectivity index (χ1n) is 6.91. The molecule has 1 aromatic heterocycles. The molecule has 0 bridgehead atoms. The second-order valence-electron chi connectivity index (χ2n) is 5.00. The van der Waals surface area contributed by atoms with Gasteiger partial charge in [-0.15, -0.1) is 0 Å². The van der Waals surface area contributed by atoms with Crippen LogP contribution < -0.4 is 5.69 Å². The number of fused-ring (bicyclic) bond motifs is 1. The van der Waals surface area contributed by atoms with Crippen LogP contribution in [0.1, 0.15) is 31.5 Å². The Bertz CT molecular complexity index is 581. The van der Waals surface area contributed by atoms with Crippen molar-refractivity contribution in [1.82, 2.24) is 19.2 Å². The molecular weight excluding hydrogens is 258 g/mol. The van der Waals surface area contributed by atoms with E-state index in [4.69, 9.17) is 5.26 Å². The first-order valence-corrected chi connectivity index (χ1v) is 6.91. The summed E-state index contributed by atoms with van der Waals surface area (Å²) in [6.07, 6.45) is 3.46. The lowest BCUT2D eigenvalue weighted by Crippen LogP contribution is -2.31. The molecule has 7 heteroatoms. The quantitative estimate of drug-likeness (QED) is 0.766. The fourth-order valence-electron chi connectivity index (χ4n) is 2.33. The van der Waals surface area contributed by atoms with E-state index in [2.05, 4.69) is 5.10 Å². The highest BCUT2D eigenvalue weighted by atomic mass is 16.2. The number of nitriles is 1. The number of hydrogen-bond donors (Lipinski definition) is 0. The van der Waals surface area contributed by atoms with E-state index in [1.165, 1.54) is 9.58 Å². The number of aryl methyl sites for hydroxylation is 2. The summed E-state index contributed by atoms with van der Waals surface area (Å²) in [6.45, 7) is 1.45. The summed E-state index contributed by atoms with van der Waals surface area (Å²) in [6, 6.07) is 2.00. The predicted molar refractivity (Wildman–Crippen MR) is 71.9 cm³/mol. The van der Waals surface area contributed by atoms with Crippen LogP contribution in [0, 0.1) is 11.3 Å². The van der Waals surface area contributed by atoms with Crippen molar-refractivity contribution in [3.05, 3.63) is 16.3 Å². The van der Waals surface area contributed by atoms with Gasteiger partial charge < -0.3 is 4.90 Å². The molecule has 1 aliphatic heterocycles. The Morgan fingerprint density at radius 2 is 2.30 bits per heavy atom. The van der Waals surface area contributed by atoms with Gasteiger partial charge in [-0.05, 0) is 12.8 Å². The molecule has 0 aromatic carbocycles. The zero-order chi connectivity index (χ0) is 14.5. The molecule has 2 heterocycles. The number of amides is 1. The maximum Gasteiger partial charge on any atom is 0.345 e. The summed E-state index contributed by atoms with van der Waals surface area (Å²) in [4.78, 5) is 25.4. The van der Waals surface area contributed by atoms with Crippen molar-refractivity contribution < 1.29 is 4.79 Å². The van der Waals surface area contributed by atoms with Gasteiger partial charge in [0.1, 0.15) is 5.82 Å². The van der Waals surface area contributed by atoms with E-state index in [0.29, 0.717) is 19.5 Å². The summed E-state index contributed by atoms with van der Waals surface area (Å²) in [7, 11) is 1.67. The van der Waals surface area contributed by atoms with Crippen molar-refractivity contribution in [2.24, 2.45) is 0 Å². The largest absolute Gasteiger partial charge is 0.345 e. The smallest absolute Gasteiger partial charge is 0.345 e. The molecule has 0 aliphatic carbocycles. The number of nitrogens with zero attached hydrogens (tertiary/aromatic N) is 5. The number of carbonyl (C=O) groups excluding carboxylic acids is 1. The monoisotopic (exact) mass is 277 g/mol. The van der Waals surface area contributed by atoms with Crippen molar-refractivity contribution in [2.45, 2.75) is 45.2 Å². The van der Waals surface area contributed by atoms with Crippen LogP contribution >= 0.6 is 0 Å². The van der Waals surface area contributed by atoms with Gasteiger partial charge in [0.05, 0.1) is 19.0 Å². The molecule has 0 saturated heterocycles. The van der Waals surface area contributed by atoms with Crippen LogP contribution in [-0.2, 0) is 24.3 Å². The fraction of sp³-hybridized carbons (Fsp3) is 0.692. The van der Waals surface area contributed by atoms with Gasteiger partial charge in [-0.2, -0.15) is 10.4 Å². The van der Waals surface area contributed by atoms with E-state index in [0.717, 1.165) is 31.6 Å². The van der Waals surface area contributed by atoms with Gasteiger partial charge >= 0.3 is 5.69 Å². The molecule has 1 aromatic rings. The normalized spacial score (nSPS) is 13.6. The van der Waals surface area contributed by atoms with E-state index < -0.39 is 0 Å². The van der Waals surface area contributed by atoms with Crippen molar-refractivity contribution in [1.29, 1.82) is 5.26 Å². The summed E-state index contributed by atoms with van der Waals surface area (Å²) in [5, 5.41) is 12.8. The minimum absolute atomic E-state index is 0.0712. The molecule has 0 spiro atoms. The first kappa shape index (κ1) is 14.3. The highest BCUT2D eigenvalue weighted by Gasteiger charge is 2.17. The van der Waals surface area contributed by atoms with Gasteiger partial charge in [0.2, 0.25) is 5.91 Å². The van der Waals surface area contributed by atoms with Crippen LogP contribution in [0.3, 0.4) is 0 Å². The summed E-state index contributed by atoms with van der Waals surface area (Å²) in [5.74, 6) is 0.754. The molecule has 0 N–H and O–H groups in total. The lowest BCUT2D eigenvalue weighted by Gasteiger charge is -2.14. The van der Waals surface area contributed by atoms with Gasteiger partial charge in [0.25, 0.3) is 0 Å². The Hall–Kier alpha value is -2.10. The maximum atomic E-state index is 12.1. The number of hydrogen-bond acceptors (Lipinski definition) is 4. The summed E-state index contributed by atoms with van der Waals surface area (Å²) >= 11 is 0. The van der Waals surface area contributed by atoms with E-state index in [9.17, 15) is 9.59 Å². The second-order valence-corrected chi connectivity index (χ2v) is 5.00. The fourth-order valence-corrected chi connectivity index (χ4v) is 2.33. The third kappa shape index (κ3) is 3.07. The topological polar surface area (TPSA) is 83.9 Å². The molecule has 1 aliphatic rings. The molecule has 20 heavy (non-hydrogen) atoms. The van der Waals surface area contributed by atoms with Crippen LogP contribution in [-0.4, -0.2) is 38.7 Å². The zero-order valence-electron chi connectivity index (χ0n) is 11.7. The molecular formula is C13H19N5O2. The highest BCUT2D eigenvalue weighted by molar-refractivity contribution is 5.75. The number of carbonyl (C=O) groups is 1.